The monoisotopic (exact) mass is 213 g/mol. The highest BCUT2D eigenvalue weighted by Gasteiger charge is 2.34. The van der Waals surface area contributed by atoms with Crippen molar-refractivity contribution in [3.63, 3.8) is 0 Å². The summed E-state index contributed by atoms with van der Waals surface area (Å²) in [5, 5.41) is 0. The molecule has 0 spiro atoms. The molecule has 0 aromatic rings. The molecule has 0 aliphatic carbocycles. The SMILES string of the molecule is C=CC(=O)N1C(=O)CC[C@H]1COCOC. The van der Waals surface area contributed by atoms with E-state index in [2.05, 4.69) is 6.58 Å². The van der Waals surface area contributed by atoms with Crippen LogP contribution in [0.1, 0.15) is 12.8 Å². The van der Waals surface area contributed by atoms with Gasteiger partial charge in [-0.1, -0.05) is 6.58 Å². The van der Waals surface area contributed by atoms with E-state index in [-0.39, 0.29) is 24.6 Å². The van der Waals surface area contributed by atoms with Crippen molar-refractivity contribution in [1.82, 2.24) is 4.90 Å². The van der Waals surface area contributed by atoms with E-state index in [9.17, 15) is 9.59 Å². The molecule has 0 saturated carbocycles. The lowest BCUT2D eigenvalue weighted by Gasteiger charge is -2.21. The van der Waals surface area contributed by atoms with Gasteiger partial charge in [0, 0.05) is 13.5 Å². The van der Waals surface area contributed by atoms with Crippen LogP contribution in [0.15, 0.2) is 12.7 Å². The fourth-order valence-electron chi connectivity index (χ4n) is 1.57. The molecule has 0 aromatic heterocycles. The van der Waals surface area contributed by atoms with Crippen molar-refractivity contribution in [1.29, 1.82) is 0 Å². The Bertz CT molecular complexity index is 264. The van der Waals surface area contributed by atoms with Gasteiger partial charge in [0.15, 0.2) is 0 Å². The molecule has 1 aliphatic rings. The number of hydrogen-bond donors (Lipinski definition) is 0. The highest BCUT2D eigenvalue weighted by atomic mass is 16.7. The first kappa shape index (κ1) is 11.9. The van der Waals surface area contributed by atoms with E-state index in [0.717, 1.165) is 6.08 Å². The number of ether oxygens (including phenoxy) is 2. The Kier molecular flexibility index (Phi) is 4.45. The van der Waals surface area contributed by atoms with Gasteiger partial charge in [0.25, 0.3) is 5.91 Å². The van der Waals surface area contributed by atoms with E-state index in [1.165, 1.54) is 12.0 Å². The molecule has 5 nitrogen and oxygen atoms in total. The van der Waals surface area contributed by atoms with Crippen LogP contribution < -0.4 is 0 Å². The molecular formula is C10H15NO4. The normalized spacial score (nSPS) is 20.7. The van der Waals surface area contributed by atoms with E-state index >= 15 is 0 Å². The zero-order valence-corrected chi connectivity index (χ0v) is 8.77. The van der Waals surface area contributed by atoms with Crippen LogP contribution in [0.2, 0.25) is 0 Å². The van der Waals surface area contributed by atoms with E-state index in [4.69, 9.17) is 9.47 Å². The lowest BCUT2D eigenvalue weighted by molar-refractivity contribution is -0.142. The van der Waals surface area contributed by atoms with Crippen molar-refractivity contribution in [3.05, 3.63) is 12.7 Å². The fourth-order valence-corrected chi connectivity index (χ4v) is 1.57. The Morgan fingerprint density at radius 2 is 2.47 bits per heavy atom. The number of methoxy groups -OCH3 is 1. The minimum atomic E-state index is -0.358. The van der Waals surface area contributed by atoms with Crippen LogP contribution in [0.5, 0.6) is 0 Å². The summed E-state index contributed by atoms with van der Waals surface area (Å²) < 4.78 is 9.86. The average molecular weight is 213 g/mol. The number of likely N-dealkylation sites (tertiary alicyclic amines) is 1. The first-order valence-corrected chi connectivity index (χ1v) is 4.75. The van der Waals surface area contributed by atoms with Gasteiger partial charge in [0.1, 0.15) is 6.79 Å². The molecule has 1 fully saturated rings. The van der Waals surface area contributed by atoms with E-state index < -0.39 is 0 Å². The lowest BCUT2D eigenvalue weighted by atomic mass is 10.2. The first-order chi connectivity index (χ1) is 7.20. The molecule has 1 aliphatic heterocycles. The Hall–Kier alpha value is -1.20. The molecule has 15 heavy (non-hydrogen) atoms. The van der Waals surface area contributed by atoms with Gasteiger partial charge >= 0.3 is 0 Å². The summed E-state index contributed by atoms with van der Waals surface area (Å²) in [6.07, 6.45) is 2.18. The zero-order valence-electron chi connectivity index (χ0n) is 8.77. The average Bonchev–Trinajstić information content (AvgIpc) is 2.59. The molecule has 1 heterocycles. The second kappa shape index (κ2) is 5.63. The molecule has 0 radical (unpaired) electrons. The standard InChI is InChI=1S/C10H15NO4/c1-3-9(12)11-8(4-5-10(11)13)6-15-7-14-2/h3,8H,1,4-7H2,2H3/t8-/m0/s1. The van der Waals surface area contributed by atoms with Gasteiger partial charge in [-0.3, -0.25) is 14.5 Å². The number of hydrogen-bond acceptors (Lipinski definition) is 4. The van der Waals surface area contributed by atoms with Gasteiger partial charge in [0.05, 0.1) is 12.6 Å². The van der Waals surface area contributed by atoms with E-state index in [1.54, 1.807) is 0 Å². The maximum absolute atomic E-state index is 11.4. The summed E-state index contributed by atoms with van der Waals surface area (Å²) in [5.41, 5.74) is 0. The van der Waals surface area contributed by atoms with Gasteiger partial charge < -0.3 is 9.47 Å². The third-order valence-electron chi connectivity index (χ3n) is 2.25. The predicted octanol–water partition coefficient (Wildman–Crippen LogP) is 0.310. The number of carbonyl (C=O) groups is 2. The van der Waals surface area contributed by atoms with E-state index in [0.29, 0.717) is 19.4 Å². The van der Waals surface area contributed by atoms with Gasteiger partial charge in [0.2, 0.25) is 5.91 Å². The molecule has 1 atom stereocenters. The van der Waals surface area contributed by atoms with Crippen LogP contribution in [-0.2, 0) is 19.1 Å². The fraction of sp³-hybridized carbons (Fsp3) is 0.600. The number of amides is 2. The maximum atomic E-state index is 11.4. The molecule has 5 heteroatoms. The van der Waals surface area contributed by atoms with Crippen molar-refractivity contribution < 1.29 is 19.1 Å². The zero-order chi connectivity index (χ0) is 11.3. The van der Waals surface area contributed by atoms with Crippen molar-refractivity contribution in [2.45, 2.75) is 18.9 Å². The molecule has 0 unspecified atom stereocenters. The molecule has 2 amide bonds. The topological polar surface area (TPSA) is 55.8 Å². The largest absolute Gasteiger partial charge is 0.359 e. The summed E-state index contributed by atoms with van der Waals surface area (Å²) in [7, 11) is 1.52. The molecule has 84 valence electrons. The van der Waals surface area contributed by atoms with Crippen LogP contribution in [-0.4, -0.2) is 43.3 Å². The van der Waals surface area contributed by atoms with Crippen LogP contribution in [0.3, 0.4) is 0 Å². The number of carbonyl (C=O) groups excluding carboxylic acids is 2. The highest BCUT2D eigenvalue weighted by molar-refractivity contribution is 6.02. The van der Waals surface area contributed by atoms with Crippen LogP contribution >= 0.6 is 0 Å². The quantitative estimate of drug-likeness (QED) is 0.374. The Morgan fingerprint density at radius 1 is 1.73 bits per heavy atom. The van der Waals surface area contributed by atoms with Crippen molar-refractivity contribution in [2.24, 2.45) is 0 Å². The predicted molar refractivity (Wildman–Crippen MR) is 52.9 cm³/mol. The second-order valence-electron chi connectivity index (χ2n) is 3.28. The van der Waals surface area contributed by atoms with Crippen LogP contribution in [0.4, 0.5) is 0 Å². The number of nitrogens with zero attached hydrogens (tertiary/aromatic N) is 1. The van der Waals surface area contributed by atoms with E-state index in [1.807, 2.05) is 0 Å². The molecule has 1 saturated heterocycles. The molecule has 0 N–H and O–H groups in total. The third kappa shape index (κ3) is 2.87. The van der Waals surface area contributed by atoms with Gasteiger partial charge in [-0.2, -0.15) is 0 Å². The molecule has 1 rings (SSSR count). The highest BCUT2D eigenvalue weighted by Crippen LogP contribution is 2.19. The van der Waals surface area contributed by atoms with Crippen molar-refractivity contribution in [3.8, 4) is 0 Å². The Balaban J connectivity index is 2.52. The molecular weight excluding hydrogens is 198 g/mol. The Labute approximate surface area is 88.6 Å². The minimum absolute atomic E-state index is 0.161. The number of rotatable bonds is 5. The van der Waals surface area contributed by atoms with Crippen LogP contribution in [0, 0.1) is 0 Å². The van der Waals surface area contributed by atoms with Crippen LogP contribution in [0.25, 0.3) is 0 Å². The van der Waals surface area contributed by atoms with Gasteiger partial charge in [-0.25, -0.2) is 0 Å². The Morgan fingerprint density at radius 3 is 3.07 bits per heavy atom. The summed E-state index contributed by atoms with van der Waals surface area (Å²) >= 11 is 0. The summed E-state index contributed by atoms with van der Waals surface area (Å²) in [6.45, 7) is 3.85. The lowest BCUT2D eigenvalue weighted by Crippen LogP contribution is -2.40. The molecule has 0 aromatic carbocycles. The summed E-state index contributed by atoms with van der Waals surface area (Å²) in [4.78, 5) is 24.0. The van der Waals surface area contributed by atoms with Crippen molar-refractivity contribution >= 4 is 11.8 Å². The van der Waals surface area contributed by atoms with Crippen molar-refractivity contribution in [2.75, 3.05) is 20.5 Å². The smallest absolute Gasteiger partial charge is 0.252 e. The first-order valence-electron chi connectivity index (χ1n) is 4.75. The van der Waals surface area contributed by atoms with Gasteiger partial charge in [-0.15, -0.1) is 0 Å². The van der Waals surface area contributed by atoms with Gasteiger partial charge in [-0.05, 0) is 12.5 Å². The number of imide groups is 1. The summed E-state index contributed by atoms with van der Waals surface area (Å²) in [5.74, 6) is -0.519. The summed E-state index contributed by atoms with van der Waals surface area (Å²) in [6, 6.07) is -0.182. The molecule has 0 bridgehead atoms. The maximum Gasteiger partial charge on any atom is 0.252 e. The third-order valence-corrected chi connectivity index (χ3v) is 2.25. The minimum Gasteiger partial charge on any atom is -0.359 e. The second-order valence-corrected chi connectivity index (χ2v) is 3.28.